The second kappa shape index (κ2) is 4.51. The molecule has 1 aromatic carbocycles. The number of nitrogens with zero attached hydrogens (tertiary/aromatic N) is 2. The molecule has 3 rings (SSSR count). The van der Waals surface area contributed by atoms with E-state index in [0.29, 0.717) is 28.1 Å². The fourth-order valence-electron chi connectivity index (χ4n) is 2.16. The molecule has 1 fully saturated rings. The Morgan fingerprint density at radius 1 is 1.42 bits per heavy atom. The summed E-state index contributed by atoms with van der Waals surface area (Å²) < 4.78 is 10.6. The lowest BCUT2D eigenvalue weighted by molar-refractivity contribution is 0.229. The van der Waals surface area contributed by atoms with Crippen molar-refractivity contribution in [1.29, 1.82) is 0 Å². The van der Waals surface area contributed by atoms with Crippen LogP contribution in [0, 0.1) is 0 Å². The molecular formula is C13H14ClN3O2. The van der Waals surface area contributed by atoms with Gasteiger partial charge in [-0.05, 0) is 37.5 Å². The molecule has 2 N–H and O–H groups in total. The van der Waals surface area contributed by atoms with Crippen LogP contribution < -0.4 is 10.5 Å². The SMILES string of the molecule is COc1cc(Cl)ccc1-c1nc(C2(N)CCC2)no1. The van der Waals surface area contributed by atoms with Gasteiger partial charge in [0.05, 0.1) is 18.2 Å². The number of hydrogen-bond acceptors (Lipinski definition) is 5. The number of nitrogens with two attached hydrogens (primary N) is 1. The van der Waals surface area contributed by atoms with Gasteiger partial charge in [-0.15, -0.1) is 0 Å². The average molecular weight is 280 g/mol. The topological polar surface area (TPSA) is 74.2 Å². The van der Waals surface area contributed by atoms with E-state index in [4.69, 9.17) is 26.6 Å². The number of methoxy groups -OCH3 is 1. The molecule has 6 heteroatoms. The third kappa shape index (κ3) is 2.09. The highest BCUT2D eigenvalue weighted by Gasteiger charge is 2.39. The van der Waals surface area contributed by atoms with E-state index in [2.05, 4.69) is 10.1 Å². The molecule has 19 heavy (non-hydrogen) atoms. The van der Waals surface area contributed by atoms with E-state index in [1.165, 1.54) is 0 Å². The van der Waals surface area contributed by atoms with Crippen molar-refractivity contribution in [2.24, 2.45) is 5.73 Å². The third-order valence-electron chi connectivity index (χ3n) is 3.51. The van der Waals surface area contributed by atoms with Crippen molar-refractivity contribution < 1.29 is 9.26 Å². The molecule has 5 nitrogen and oxygen atoms in total. The summed E-state index contributed by atoms with van der Waals surface area (Å²) in [7, 11) is 1.57. The number of ether oxygens (including phenoxy) is 1. The minimum atomic E-state index is -0.429. The normalized spacial score (nSPS) is 17.0. The Hall–Kier alpha value is -1.59. The summed E-state index contributed by atoms with van der Waals surface area (Å²) in [6.07, 6.45) is 2.89. The third-order valence-corrected chi connectivity index (χ3v) is 3.75. The van der Waals surface area contributed by atoms with Crippen LogP contribution in [0.25, 0.3) is 11.5 Å². The summed E-state index contributed by atoms with van der Waals surface area (Å²) in [6, 6.07) is 5.26. The smallest absolute Gasteiger partial charge is 0.261 e. The Morgan fingerprint density at radius 2 is 2.21 bits per heavy atom. The molecule has 0 amide bonds. The van der Waals surface area contributed by atoms with Gasteiger partial charge in [0.25, 0.3) is 5.89 Å². The van der Waals surface area contributed by atoms with Crippen LogP contribution >= 0.6 is 11.6 Å². The molecule has 1 saturated carbocycles. The van der Waals surface area contributed by atoms with Gasteiger partial charge >= 0.3 is 0 Å². The van der Waals surface area contributed by atoms with Crippen LogP contribution in [0.3, 0.4) is 0 Å². The molecule has 0 saturated heterocycles. The first-order valence-electron chi connectivity index (χ1n) is 6.09. The maximum atomic E-state index is 6.17. The van der Waals surface area contributed by atoms with Crippen LogP contribution in [0.2, 0.25) is 5.02 Å². The van der Waals surface area contributed by atoms with Crippen LogP contribution in [0.4, 0.5) is 0 Å². The fraction of sp³-hybridized carbons (Fsp3) is 0.385. The van der Waals surface area contributed by atoms with Gasteiger partial charge in [0.2, 0.25) is 0 Å². The minimum Gasteiger partial charge on any atom is -0.496 e. The number of halogens is 1. The highest BCUT2D eigenvalue weighted by atomic mass is 35.5. The Bertz CT molecular complexity index is 608. The fourth-order valence-corrected chi connectivity index (χ4v) is 2.32. The summed E-state index contributed by atoms with van der Waals surface area (Å²) >= 11 is 5.93. The van der Waals surface area contributed by atoms with E-state index in [1.54, 1.807) is 25.3 Å². The zero-order valence-electron chi connectivity index (χ0n) is 10.5. The lowest BCUT2D eigenvalue weighted by Gasteiger charge is -2.34. The largest absolute Gasteiger partial charge is 0.496 e. The molecule has 1 aromatic heterocycles. The minimum absolute atomic E-state index is 0.403. The van der Waals surface area contributed by atoms with Crippen molar-refractivity contribution >= 4 is 11.6 Å². The van der Waals surface area contributed by atoms with E-state index < -0.39 is 5.54 Å². The van der Waals surface area contributed by atoms with Gasteiger partial charge in [-0.3, -0.25) is 0 Å². The lowest BCUT2D eigenvalue weighted by Crippen LogP contribution is -2.44. The molecule has 0 aliphatic heterocycles. The van der Waals surface area contributed by atoms with Crippen molar-refractivity contribution in [3.05, 3.63) is 29.0 Å². The van der Waals surface area contributed by atoms with Crippen molar-refractivity contribution in [3.63, 3.8) is 0 Å². The highest BCUT2D eigenvalue weighted by Crippen LogP contribution is 2.38. The molecule has 1 heterocycles. The Kier molecular flexibility index (Phi) is 2.95. The van der Waals surface area contributed by atoms with Gasteiger partial charge in [-0.1, -0.05) is 16.8 Å². The average Bonchev–Trinajstić information content (AvgIpc) is 2.85. The van der Waals surface area contributed by atoms with E-state index in [9.17, 15) is 0 Å². The van der Waals surface area contributed by atoms with E-state index in [1.807, 2.05) is 0 Å². The predicted molar refractivity (Wildman–Crippen MR) is 71.0 cm³/mol. The second-order valence-electron chi connectivity index (χ2n) is 4.78. The molecule has 2 aromatic rings. The van der Waals surface area contributed by atoms with Gasteiger partial charge in [0.1, 0.15) is 5.75 Å². The molecular weight excluding hydrogens is 266 g/mol. The maximum Gasteiger partial charge on any atom is 0.261 e. The summed E-state index contributed by atoms with van der Waals surface area (Å²) in [5.41, 5.74) is 6.46. The van der Waals surface area contributed by atoms with Crippen LogP contribution in [-0.4, -0.2) is 17.3 Å². The molecule has 0 atom stereocenters. The van der Waals surface area contributed by atoms with Crippen molar-refractivity contribution in [1.82, 2.24) is 10.1 Å². The van der Waals surface area contributed by atoms with Crippen LogP contribution in [0.15, 0.2) is 22.7 Å². The van der Waals surface area contributed by atoms with Crippen molar-refractivity contribution in [2.45, 2.75) is 24.8 Å². The first-order valence-corrected chi connectivity index (χ1v) is 6.47. The van der Waals surface area contributed by atoms with Crippen LogP contribution in [0.1, 0.15) is 25.1 Å². The maximum absolute atomic E-state index is 6.17. The summed E-state index contributed by atoms with van der Waals surface area (Å²) in [6.45, 7) is 0. The zero-order valence-corrected chi connectivity index (χ0v) is 11.3. The molecule has 0 unspecified atom stereocenters. The first-order chi connectivity index (χ1) is 9.12. The Labute approximate surface area is 115 Å². The standard InChI is InChI=1S/C13H14ClN3O2/c1-18-10-7-8(14)3-4-9(10)11-16-12(17-19-11)13(15)5-2-6-13/h3-4,7H,2,5-6,15H2,1H3. The quantitative estimate of drug-likeness (QED) is 0.935. The van der Waals surface area contributed by atoms with Gasteiger partial charge in [-0.25, -0.2) is 0 Å². The van der Waals surface area contributed by atoms with Crippen LogP contribution in [-0.2, 0) is 5.54 Å². The molecule has 0 radical (unpaired) electrons. The molecule has 0 spiro atoms. The molecule has 1 aliphatic carbocycles. The van der Waals surface area contributed by atoms with Crippen molar-refractivity contribution in [2.75, 3.05) is 7.11 Å². The number of benzene rings is 1. The summed E-state index contributed by atoms with van der Waals surface area (Å²) in [5.74, 6) is 1.56. The van der Waals surface area contributed by atoms with E-state index in [0.717, 1.165) is 19.3 Å². The van der Waals surface area contributed by atoms with Gasteiger partial charge in [0, 0.05) is 5.02 Å². The predicted octanol–water partition coefficient (Wildman–Crippen LogP) is 2.74. The van der Waals surface area contributed by atoms with Crippen molar-refractivity contribution in [3.8, 4) is 17.2 Å². The van der Waals surface area contributed by atoms with Gasteiger partial charge < -0.3 is 15.0 Å². The van der Waals surface area contributed by atoms with Gasteiger partial charge in [-0.2, -0.15) is 4.98 Å². The zero-order chi connectivity index (χ0) is 13.5. The number of hydrogen-bond donors (Lipinski definition) is 1. The lowest BCUT2D eigenvalue weighted by atomic mass is 9.77. The Balaban J connectivity index is 1.99. The van der Waals surface area contributed by atoms with E-state index >= 15 is 0 Å². The Morgan fingerprint density at radius 3 is 2.84 bits per heavy atom. The second-order valence-corrected chi connectivity index (χ2v) is 5.21. The monoisotopic (exact) mass is 279 g/mol. The van der Waals surface area contributed by atoms with Crippen LogP contribution in [0.5, 0.6) is 5.75 Å². The summed E-state index contributed by atoms with van der Waals surface area (Å²) in [4.78, 5) is 4.39. The van der Waals surface area contributed by atoms with Gasteiger partial charge in [0.15, 0.2) is 5.82 Å². The number of rotatable bonds is 3. The summed E-state index contributed by atoms with van der Waals surface area (Å²) in [5, 5.41) is 4.58. The number of aromatic nitrogens is 2. The molecule has 100 valence electrons. The van der Waals surface area contributed by atoms with E-state index in [-0.39, 0.29) is 0 Å². The first kappa shape index (κ1) is 12.4. The highest BCUT2D eigenvalue weighted by molar-refractivity contribution is 6.30. The molecule has 0 bridgehead atoms. The molecule has 1 aliphatic rings.